The average Bonchev–Trinajstić information content (AvgIpc) is 2.95. The Bertz CT molecular complexity index is 566. The second-order valence-electron chi connectivity index (χ2n) is 4.83. The highest BCUT2D eigenvalue weighted by Gasteiger charge is 2.14. The number of hydrogen-bond acceptors (Lipinski definition) is 4. The van der Waals surface area contributed by atoms with Gasteiger partial charge in [0.05, 0.1) is 6.54 Å². The highest BCUT2D eigenvalue weighted by molar-refractivity contribution is 7.12. The van der Waals surface area contributed by atoms with Gasteiger partial charge < -0.3 is 5.32 Å². The number of aryl methyl sites for hydroxylation is 2. The monoisotopic (exact) mass is 278 g/mol. The first-order chi connectivity index (χ1) is 8.97. The van der Waals surface area contributed by atoms with Crippen molar-refractivity contribution in [3.63, 3.8) is 0 Å². The number of amides is 1. The van der Waals surface area contributed by atoms with E-state index >= 15 is 0 Å². The van der Waals surface area contributed by atoms with Gasteiger partial charge in [-0.1, -0.05) is 13.8 Å². The number of aromatic amines is 1. The molecule has 6 heteroatoms. The first-order valence-electron chi connectivity index (χ1n) is 6.23. The molecule has 1 amide bonds. The van der Waals surface area contributed by atoms with Crippen LogP contribution in [0.5, 0.6) is 0 Å². The Hall–Kier alpha value is -1.69. The number of carbonyl (C=O) groups is 1. The quantitative estimate of drug-likeness (QED) is 0.903. The second-order valence-corrected chi connectivity index (χ2v) is 6.17. The van der Waals surface area contributed by atoms with E-state index < -0.39 is 0 Å². The van der Waals surface area contributed by atoms with Crippen molar-refractivity contribution in [2.24, 2.45) is 0 Å². The largest absolute Gasteiger partial charge is 0.344 e. The SMILES string of the molecule is Cc1cc(CNC(=O)c2n[nH]c(C(C)C)n2)sc1C. The summed E-state index contributed by atoms with van der Waals surface area (Å²) in [6, 6.07) is 2.10. The summed E-state index contributed by atoms with van der Waals surface area (Å²) in [5.74, 6) is 0.921. The molecular formula is C13H18N4OS. The van der Waals surface area contributed by atoms with E-state index in [1.807, 2.05) is 13.8 Å². The zero-order chi connectivity index (χ0) is 14.0. The Morgan fingerprint density at radius 2 is 2.21 bits per heavy atom. The first-order valence-corrected chi connectivity index (χ1v) is 7.05. The van der Waals surface area contributed by atoms with Gasteiger partial charge in [-0.3, -0.25) is 9.89 Å². The Balaban J connectivity index is 1.97. The van der Waals surface area contributed by atoms with Crippen LogP contribution >= 0.6 is 11.3 Å². The van der Waals surface area contributed by atoms with Crippen LogP contribution < -0.4 is 5.32 Å². The van der Waals surface area contributed by atoms with Crippen LogP contribution in [0.25, 0.3) is 0 Å². The molecular weight excluding hydrogens is 260 g/mol. The number of H-pyrrole nitrogens is 1. The average molecular weight is 278 g/mol. The number of nitrogens with one attached hydrogen (secondary N) is 2. The van der Waals surface area contributed by atoms with Gasteiger partial charge in [-0.15, -0.1) is 16.4 Å². The lowest BCUT2D eigenvalue weighted by Gasteiger charge is -1.99. The highest BCUT2D eigenvalue weighted by Crippen LogP contribution is 2.20. The third-order valence-electron chi connectivity index (χ3n) is 2.89. The van der Waals surface area contributed by atoms with E-state index in [1.165, 1.54) is 10.4 Å². The Morgan fingerprint density at radius 3 is 2.74 bits per heavy atom. The third-order valence-corrected chi connectivity index (χ3v) is 4.05. The Kier molecular flexibility index (Phi) is 3.99. The molecule has 0 bridgehead atoms. The molecule has 2 heterocycles. The van der Waals surface area contributed by atoms with Crippen LogP contribution in [0, 0.1) is 13.8 Å². The zero-order valence-corrected chi connectivity index (χ0v) is 12.4. The van der Waals surface area contributed by atoms with Crippen molar-refractivity contribution in [1.29, 1.82) is 0 Å². The summed E-state index contributed by atoms with van der Waals surface area (Å²) in [5, 5.41) is 9.54. The van der Waals surface area contributed by atoms with E-state index in [2.05, 4.69) is 40.4 Å². The smallest absolute Gasteiger partial charge is 0.291 e. The molecule has 0 fully saturated rings. The maximum atomic E-state index is 11.9. The molecule has 0 aliphatic carbocycles. The number of carbonyl (C=O) groups excluding carboxylic acids is 1. The number of hydrogen-bond donors (Lipinski definition) is 2. The van der Waals surface area contributed by atoms with E-state index in [0.717, 1.165) is 10.7 Å². The zero-order valence-electron chi connectivity index (χ0n) is 11.6. The summed E-state index contributed by atoms with van der Waals surface area (Å²) in [6.07, 6.45) is 0. The number of thiophene rings is 1. The van der Waals surface area contributed by atoms with E-state index in [1.54, 1.807) is 11.3 Å². The fourth-order valence-electron chi connectivity index (χ4n) is 1.62. The summed E-state index contributed by atoms with van der Waals surface area (Å²) in [6.45, 7) is 8.67. The van der Waals surface area contributed by atoms with Crippen LogP contribution in [0.4, 0.5) is 0 Å². The minimum Gasteiger partial charge on any atom is -0.344 e. The van der Waals surface area contributed by atoms with Gasteiger partial charge in [0.15, 0.2) is 0 Å². The van der Waals surface area contributed by atoms with Crippen LogP contribution in [0.1, 0.15) is 51.5 Å². The summed E-state index contributed by atoms with van der Waals surface area (Å²) >= 11 is 1.70. The van der Waals surface area contributed by atoms with Crippen molar-refractivity contribution in [1.82, 2.24) is 20.5 Å². The van der Waals surface area contributed by atoms with Gasteiger partial charge in [0.1, 0.15) is 5.82 Å². The summed E-state index contributed by atoms with van der Waals surface area (Å²) in [4.78, 5) is 18.5. The van der Waals surface area contributed by atoms with Crippen LogP contribution in [-0.4, -0.2) is 21.1 Å². The molecule has 5 nitrogen and oxygen atoms in total. The molecule has 0 atom stereocenters. The van der Waals surface area contributed by atoms with E-state index in [4.69, 9.17) is 0 Å². The minimum atomic E-state index is -0.244. The number of aromatic nitrogens is 3. The van der Waals surface area contributed by atoms with Crippen LogP contribution in [0.15, 0.2) is 6.07 Å². The lowest BCUT2D eigenvalue weighted by molar-refractivity contribution is 0.0941. The van der Waals surface area contributed by atoms with Crippen LogP contribution in [0.3, 0.4) is 0 Å². The van der Waals surface area contributed by atoms with Crippen molar-refractivity contribution in [3.8, 4) is 0 Å². The first kappa shape index (κ1) is 13.7. The molecule has 0 aliphatic heterocycles. The fraction of sp³-hybridized carbons (Fsp3) is 0.462. The van der Waals surface area contributed by atoms with Gasteiger partial charge >= 0.3 is 0 Å². The van der Waals surface area contributed by atoms with Gasteiger partial charge in [0, 0.05) is 15.7 Å². The van der Waals surface area contributed by atoms with Gasteiger partial charge in [0.25, 0.3) is 5.91 Å². The molecule has 2 aromatic heterocycles. The normalized spacial score (nSPS) is 11.0. The Labute approximate surface area is 116 Å². The van der Waals surface area contributed by atoms with Gasteiger partial charge in [-0.2, -0.15) is 0 Å². The van der Waals surface area contributed by atoms with Crippen molar-refractivity contribution < 1.29 is 4.79 Å². The molecule has 2 aromatic rings. The molecule has 0 saturated carbocycles. The minimum absolute atomic E-state index is 0.203. The van der Waals surface area contributed by atoms with Gasteiger partial charge in [0.2, 0.25) is 5.82 Å². The molecule has 0 saturated heterocycles. The predicted octanol–water partition coefficient (Wildman–Crippen LogP) is 2.54. The van der Waals surface area contributed by atoms with Crippen LogP contribution in [-0.2, 0) is 6.54 Å². The molecule has 19 heavy (non-hydrogen) atoms. The molecule has 0 aromatic carbocycles. The van der Waals surface area contributed by atoms with Crippen molar-refractivity contribution in [2.75, 3.05) is 0 Å². The van der Waals surface area contributed by atoms with Crippen LogP contribution in [0.2, 0.25) is 0 Å². The predicted molar refractivity (Wildman–Crippen MR) is 75.4 cm³/mol. The summed E-state index contributed by atoms with van der Waals surface area (Å²) in [7, 11) is 0. The molecule has 0 spiro atoms. The maximum Gasteiger partial charge on any atom is 0.291 e. The summed E-state index contributed by atoms with van der Waals surface area (Å²) in [5.41, 5.74) is 1.26. The van der Waals surface area contributed by atoms with Crippen molar-refractivity contribution >= 4 is 17.2 Å². The van der Waals surface area contributed by atoms with Crippen molar-refractivity contribution in [3.05, 3.63) is 33.0 Å². The summed E-state index contributed by atoms with van der Waals surface area (Å²) < 4.78 is 0. The topological polar surface area (TPSA) is 70.7 Å². The Morgan fingerprint density at radius 1 is 1.47 bits per heavy atom. The highest BCUT2D eigenvalue weighted by atomic mass is 32.1. The van der Waals surface area contributed by atoms with Gasteiger partial charge in [-0.05, 0) is 25.5 Å². The fourth-order valence-corrected chi connectivity index (χ4v) is 2.61. The second kappa shape index (κ2) is 5.52. The molecule has 0 radical (unpaired) electrons. The van der Waals surface area contributed by atoms with E-state index in [-0.39, 0.29) is 17.6 Å². The lowest BCUT2D eigenvalue weighted by atomic mass is 10.2. The van der Waals surface area contributed by atoms with E-state index in [9.17, 15) is 4.79 Å². The third kappa shape index (κ3) is 3.20. The molecule has 102 valence electrons. The maximum absolute atomic E-state index is 11.9. The number of nitrogens with zero attached hydrogens (tertiary/aromatic N) is 2. The molecule has 0 aliphatic rings. The number of rotatable bonds is 4. The van der Waals surface area contributed by atoms with Crippen molar-refractivity contribution in [2.45, 2.75) is 40.2 Å². The lowest BCUT2D eigenvalue weighted by Crippen LogP contribution is -2.23. The molecule has 2 rings (SSSR count). The molecule has 0 unspecified atom stereocenters. The standard InChI is InChI=1S/C13H18N4OS/c1-7(2)11-15-12(17-16-11)13(18)14-6-10-5-8(3)9(4)19-10/h5,7H,6H2,1-4H3,(H,14,18)(H,15,16,17). The van der Waals surface area contributed by atoms with Gasteiger partial charge in [-0.25, -0.2) is 4.98 Å². The molecule has 2 N–H and O–H groups in total. The van der Waals surface area contributed by atoms with E-state index in [0.29, 0.717) is 6.54 Å².